The number of H-pyrrole nitrogens is 1. The molecule has 2 N–H and O–H groups in total. The van der Waals surface area contributed by atoms with Gasteiger partial charge in [-0.25, -0.2) is 4.39 Å². The van der Waals surface area contributed by atoms with Crippen molar-refractivity contribution in [2.75, 3.05) is 24.6 Å². The van der Waals surface area contributed by atoms with E-state index in [4.69, 9.17) is 4.74 Å². The predicted octanol–water partition coefficient (Wildman–Crippen LogP) is 1.23. The summed E-state index contributed by atoms with van der Waals surface area (Å²) in [5.41, 5.74) is 2.94. The molecule has 2 aromatic rings. The summed E-state index contributed by atoms with van der Waals surface area (Å²) < 4.78 is 18.8. The summed E-state index contributed by atoms with van der Waals surface area (Å²) in [5.74, 6) is -0.172. The van der Waals surface area contributed by atoms with Crippen LogP contribution in [0.15, 0.2) is 18.2 Å². The van der Waals surface area contributed by atoms with Crippen molar-refractivity contribution in [1.82, 2.24) is 15.5 Å². The number of amides is 1. The Hall–Kier alpha value is -2.41. The molecule has 7 heteroatoms. The molecule has 4 rings (SSSR count). The Kier molecular flexibility index (Phi) is 3.07. The second kappa shape index (κ2) is 5.10. The third-order valence-electron chi connectivity index (χ3n) is 4.04. The van der Waals surface area contributed by atoms with Crippen LogP contribution in [-0.4, -0.2) is 35.8 Å². The van der Waals surface area contributed by atoms with E-state index in [1.165, 1.54) is 12.1 Å². The van der Waals surface area contributed by atoms with Crippen molar-refractivity contribution in [1.29, 1.82) is 0 Å². The number of hydrogen-bond acceptors (Lipinski definition) is 4. The predicted molar refractivity (Wildman–Crippen MR) is 77.6 cm³/mol. The molecule has 0 saturated heterocycles. The van der Waals surface area contributed by atoms with Gasteiger partial charge < -0.3 is 15.0 Å². The average Bonchev–Trinajstić information content (AvgIpc) is 2.97. The van der Waals surface area contributed by atoms with Crippen molar-refractivity contribution in [2.24, 2.45) is 0 Å². The quantitative estimate of drug-likeness (QED) is 0.831. The van der Waals surface area contributed by atoms with Gasteiger partial charge in [-0.15, -0.1) is 0 Å². The zero-order valence-corrected chi connectivity index (χ0v) is 11.9. The number of aromatic amines is 1. The van der Waals surface area contributed by atoms with Crippen LogP contribution in [0.2, 0.25) is 0 Å². The largest absolute Gasteiger partial charge is 0.489 e. The summed E-state index contributed by atoms with van der Waals surface area (Å²) in [6, 6.07) is 4.20. The van der Waals surface area contributed by atoms with Gasteiger partial charge in [0.1, 0.15) is 18.2 Å². The van der Waals surface area contributed by atoms with Crippen molar-refractivity contribution in [2.45, 2.75) is 13.0 Å². The molecule has 2 aliphatic heterocycles. The molecule has 1 aromatic heterocycles. The van der Waals surface area contributed by atoms with Crippen LogP contribution in [0, 0.1) is 5.82 Å². The number of carbonyl (C=O) groups excluding carboxylic acids is 1. The monoisotopic (exact) mass is 302 g/mol. The van der Waals surface area contributed by atoms with Crippen LogP contribution in [0.3, 0.4) is 0 Å². The van der Waals surface area contributed by atoms with Crippen LogP contribution < -0.4 is 15.0 Å². The molecule has 22 heavy (non-hydrogen) atoms. The highest BCUT2D eigenvalue weighted by Crippen LogP contribution is 2.33. The van der Waals surface area contributed by atoms with Crippen LogP contribution in [0.25, 0.3) is 0 Å². The number of benzene rings is 1. The lowest BCUT2D eigenvalue weighted by molar-refractivity contribution is 0.0970. The van der Waals surface area contributed by atoms with Gasteiger partial charge in [0.05, 0.1) is 12.2 Å². The second-order valence-corrected chi connectivity index (χ2v) is 5.37. The topological polar surface area (TPSA) is 70.2 Å². The first-order valence-corrected chi connectivity index (χ1v) is 7.25. The van der Waals surface area contributed by atoms with Crippen molar-refractivity contribution >= 4 is 11.6 Å². The van der Waals surface area contributed by atoms with Crippen LogP contribution in [0.1, 0.15) is 21.7 Å². The number of fused-ring (bicyclic) bond motifs is 2. The van der Waals surface area contributed by atoms with Crippen LogP contribution >= 0.6 is 0 Å². The van der Waals surface area contributed by atoms with Gasteiger partial charge in [0.2, 0.25) is 0 Å². The SMILES string of the molecule is O=C(c1n[nH]c2c1CNCC2)N1CCOc2cc(F)ccc21. The maximum atomic E-state index is 13.3. The number of hydrogen-bond donors (Lipinski definition) is 2. The molecular formula is C15H15FN4O2. The lowest BCUT2D eigenvalue weighted by atomic mass is 10.1. The minimum atomic E-state index is -0.380. The minimum Gasteiger partial charge on any atom is -0.489 e. The number of anilines is 1. The maximum Gasteiger partial charge on any atom is 0.279 e. The molecule has 0 spiro atoms. The molecule has 1 amide bonds. The molecule has 0 radical (unpaired) electrons. The van der Waals surface area contributed by atoms with Crippen molar-refractivity contribution in [3.63, 3.8) is 0 Å². The van der Waals surface area contributed by atoms with Gasteiger partial charge in [0, 0.05) is 36.8 Å². The Bertz CT molecular complexity index is 743. The molecule has 0 aliphatic carbocycles. The van der Waals surface area contributed by atoms with Gasteiger partial charge in [0.25, 0.3) is 5.91 Å². The molecule has 0 atom stereocenters. The van der Waals surface area contributed by atoms with E-state index in [9.17, 15) is 9.18 Å². The third-order valence-corrected chi connectivity index (χ3v) is 4.04. The van der Waals surface area contributed by atoms with E-state index in [2.05, 4.69) is 15.5 Å². The first-order chi connectivity index (χ1) is 10.7. The molecule has 2 aliphatic rings. The van der Waals surface area contributed by atoms with E-state index in [1.807, 2.05) is 0 Å². The zero-order chi connectivity index (χ0) is 15.1. The van der Waals surface area contributed by atoms with Crippen LogP contribution in [-0.2, 0) is 13.0 Å². The van der Waals surface area contributed by atoms with Gasteiger partial charge in [-0.05, 0) is 12.1 Å². The number of nitrogens with zero attached hydrogens (tertiary/aromatic N) is 2. The smallest absolute Gasteiger partial charge is 0.279 e. The molecule has 0 fully saturated rings. The third kappa shape index (κ3) is 2.05. The van der Waals surface area contributed by atoms with E-state index in [-0.39, 0.29) is 11.7 Å². The number of carbonyl (C=O) groups is 1. The molecule has 114 valence electrons. The zero-order valence-electron chi connectivity index (χ0n) is 11.9. The summed E-state index contributed by atoms with van der Waals surface area (Å²) in [6.45, 7) is 2.27. The Labute approximate surface area is 126 Å². The minimum absolute atomic E-state index is 0.183. The molecule has 6 nitrogen and oxygen atoms in total. The number of ether oxygens (including phenoxy) is 1. The molecule has 0 saturated carbocycles. The Morgan fingerprint density at radius 2 is 2.32 bits per heavy atom. The van der Waals surface area contributed by atoms with Gasteiger partial charge in [-0.1, -0.05) is 0 Å². The average molecular weight is 302 g/mol. The number of nitrogens with one attached hydrogen (secondary N) is 2. The summed E-state index contributed by atoms with van der Waals surface area (Å²) in [5, 5.41) is 10.4. The number of rotatable bonds is 1. The van der Waals surface area contributed by atoms with Crippen LogP contribution in [0.5, 0.6) is 5.75 Å². The standard InChI is InChI=1S/C15H15FN4O2/c16-9-1-2-12-13(7-9)22-6-5-20(12)15(21)14-10-8-17-4-3-11(10)18-19-14/h1-2,7,17H,3-6,8H2,(H,18,19). The fraction of sp³-hybridized carbons (Fsp3) is 0.333. The van der Waals surface area contributed by atoms with Crippen molar-refractivity contribution in [3.8, 4) is 5.75 Å². The van der Waals surface area contributed by atoms with E-state index in [0.717, 1.165) is 24.2 Å². The van der Waals surface area contributed by atoms with E-state index >= 15 is 0 Å². The van der Waals surface area contributed by atoms with Gasteiger partial charge in [-0.2, -0.15) is 5.10 Å². The van der Waals surface area contributed by atoms with Crippen molar-refractivity contribution in [3.05, 3.63) is 41.0 Å². The van der Waals surface area contributed by atoms with Crippen molar-refractivity contribution < 1.29 is 13.9 Å². The normalized spacial score (nSPS) is 16.7. The maximum absolute atomic E-state index is 13.3. The lowest BCUT2D eigenvalue weighted by Crippen LogP contribution is -2.39. The molecular weight excluding hydrogens is 287 g/mol. The highest BCUT2D eigenvalue weighted by Gasteiger charge is 2.30. The highest BCUT2D eigenvalue weighted by molar-refractivity contribution is 6.06. The van der Waals surface area contributed by atoms with Gasteiger partial charge >= 0.3 is 0 Å². The van der Waals surface area contributed by atoms with Crippen LogP contribution in [0.4, 0.5) is 10.1 Å². The molecule has 0 unspecified atom stereocenters. The fourth-order valence-electron chi connectivity index (χ4n) is 2.93. The van der Waals surface area contributed by atoms with E-state index in [0.29, 0.717) is 36.8 Å². The first-order valence-electron chi connectivity index (χ1n) is 7.25. The summed E-state index contributed by atoms with van der Waals surface area (Å²) in [4.78, 5) is 14.4. The lowest BCUT2D eigenvalue weighted by Gasteiger charge is -2.29. The van der Waals surface area contributed by atoms with E-state index in [1.54, 1.807) is 11.0 Å². The Morgan fingerprint density at radius 1 is 1.41 bits per heavy atom. The Balaban J connectivity index is 1.71. The number of aromatic nitrogens is 2. The highest BCUT2D eigenvalue weighted by atomic mass is 19.1. The first kappa shape index (κ1) is 13.3. The molecule has 0 bridgehead atoms. The number of halogens is 1. The van der Waals surface area contributed by atoms with E-state index < -0.39 is 0 Å². The Morgan fingerprint density at radius 3 is 3.23 bits per heavy atom. The summed E-state index contributed by atoms with van der Waals surface area (Å²) in [6.07, 6.45) is 0.834. The molecule has 3 heterocycles. The fourth-order valence-corrected chi connectivity index (χ4v) is 2.93. The summed E-state index contributed by atoms with van der Waals surface area (Å²) in [7, 11) is 0. The second-order valence-electron chi connectivity index (χ2n) is 5.37. The van der Waals surface area contributed by atoms with Gasteiger partial charge in [-0.3, -0.25) is 9.89 Å². The van der Waals surface area contributed by atoms with Gasteiger partial charge in [0.15, 0.2) is 5.69 Å². The summed E-state index contributed by atoms with van der Waals surface area (Å²) >= 11 is 0. The molecule has 1 aromatic carbocycles.